The molecule has 0 saturated heterocycles. The van der Waals surface area contributed by atoms with E-state index in [2.05, 4.69) is 21.2 Å². The van der Waals surface area contributed by atoms with Crippen molar-refractivity contribution in [2.24, 2.45) is 4.99 Å². The number of allylic oxidation sites excluding steroid dienone is 1. The Labute approximate surface area is 272 Å². The summed E-state index contributed by atoms with van der Waals surface area (Å²) in [5, 5.41) is 2.99. The maximum atomic E-state index is 14.1. The number of amides is 1. The normalized spacial score (nSPS) is 14.5. The molecule has 7 nitrogen and oxygen atoms in total. The smallest absolute Gasteiger partial charge is 0.271 e. The molecule has 0 radical (unpaired) electrons. The van der Waals surface area contributed by atoms with Crippen molar-refractivity contribution in [3.05, 3.63) is 155 Å². The molecule has 1 aliphatic rings. The Kier molecular flexibility index (Phi) is 9.09. The molecule has 0 bridgehead atoms. The van der Waals surface area contributed by atoms with E-state index < -0.39 is 6.04 Å². The Bertz CT molecular complexity index is 2050. The Balaban J connectivity index is 1.37. The number of carbonyl (C=O) groups is 1. The maximum absolute atomic E-state index is 14.1. The molecule has 0 aliphatic carbocycles. The lowest BCUT2D eigenvalue weighted by Crippen LogP contribution is -2.40. The van der Waals surface area contributed by atoms with Crippen molar-refractivity contribution in [1.29, 1.82) is 0 Å². The third-order valence-electron chi connectivity index (χ3n) is 7.28. The summed E-state index contributed by atoms with van der Waals surface area (Å²) in [7, 11) is 0. The van der Waals surface area contributed by atoms with Gasteiger partial charge in [0, 0.05) is 10.2 Å². The number of para-hydroxylation sites is 1. The monoisotopic (exact) mass is 679 g/mol. The first-order valence-electron chi connectivity index (χ1n) is 14.5. The predicted octanol–water partition coefficient (Wildman–Crippen LogP) is 6.61. The van der Waals surface area contributed by atoms with Gasteiger partial charge < -0.3 is 14.8 Å². The Morgan fingerprint density at radius 1 is 0.956 bits per heavy atom. The standard InChI is InChI=1S/C36H30BrN3O4S/c1-3-43-29-18-14-26(15-19-29)33-32(34(41)39-28-9-5-4-6-10-28)23(2)38-36-40(33)35(42)31(45-36)21-25-8-7-11-30(20-25)44-22-24-12-16-27(37)17-13-24/h4-21,33H,3,22H2,1-2H3,(H,39,41)/b31-21-/t33-/m1/s1. The number of nitrogens with zero attached hydrogens (tertiary/aromatic N) is 2. The van der Waals surface area contributed by atoms with E-state index in [4.69, 9.17) is 14.5 Å². The molecule has 45 heavy (non-hydrogen) atoms. The zero-order valence-corrected chi connectivity index (χ0v) is 27.1. The van der Waals surface area contributed by atoms with Crippen molar-refractivity contribution in [1.82, 2.24) is 4.57 Å². The summed E-state index contributed by atoms with van der Waals surface area (Å²) in [6.45, 7) is 4.70. The van der Waals surface area contributed by atoms with E-state index in [1.54, 1.807) is 4.57 Å². The predicted molar refractivity (Wildman–Crippen MR) is 181 cm³/mol. The molecule has 4 aromatic carbocycles. The van der Waals surface area contributed by atoms with E-state index in [1.807, 2.05) is 123 Å². The maximum Gasteiger partial charge on any atom is 0.271 e. The van der Waals surface area contributed by atoms with E-state index in [0.29, 0.717) is 51.0 Å². The van der Waals surface area contributed by atoms with Crippen LogP contribution in [0.25, 0.3) is 6.08 Å². The minimum absolute atomic E-state index is 0.226. The molecule has 1 aliphatic heterocycles. The van der Waals surface area contributed by atoms with E-state index in [0.717, 1.165) is 21.2 Å². The van der Waals surface area contributed by atoms with Crippen molar-refractivity contribution in [2.75, 3.05) is 11.9 Å². The van der Waals surface area contributed by atoms with Crippen LogP contribution in [0.3, 0.4) is 0 Å². The first-order chi connectivity index (χ1) is 21.9. The van der Waals surface area contributed by atoms with Crippen LogP contribution >= 0.6 is 27.3 Å². The number of nitrogens with one attached hydrogen (secondary N) is 1. The van der Waals surface area contributed by atoms with E-state index in [1.165, 1.54) is 11.3 Å². The fourth-order valence-corrected chi connectivity index (χ4v) is 6.46. The van der Waals surface area contributed by atoms with Crippen molar-refractivity contribution in [3.63, 3.8) is 0 Å². The Morgan fingerprint density at radius 2 is 1.71 bits per heavy atom. The lowest BCUT2D eigenvalue weighted by Gasteiger charge is -2.25. The number of carbonyl (C=O) groups excluding carboxylic acids is 1. The summed E-state index contributed by atoms with van der Waals surface area (Å²) >= 11 is 4.75. The molecule has 0 fully saturated rings. The molecule has 1 aromatic heterocycles. The number of hydrogen-bond donors (Lipinski definition) is 1. The van der Waals surface area contributed by atoms with Crippen LogP contribution in [0.1, 0.15) is 36.6 Å². The highest BCUT2D eigenvalue weighted by molar-refractivity contribution is 9.10. The van der Waals surface area contributed by atoms with Crippen LogP contribution in [0.15, 0.2) is 129 Å². The number of ether oxygens (including phenoxy) is 2. The van der Waals surface area contributed by atoms with E-state index in [9.17, 15) is 9.59 Å². The summed E-state index contributed by atoms with van der Waals surface area (Å²) in [6, 6.07) is 31.7. The number of thiazole rings is 1. The highest BCUT2D eigenvalue weighted by Gasteiger charge is 2.32. The number of aromatic nitrogens is 1. The van der Waals surface area contributed by atoms with Gasteiger partial charge in [-0.3, -0.25) is 14.2 Å². The number of fused-ring (bicyclic) bond motifs is 1. The summed E-state index contributed by atoms with van der Waals surface area (Å²) in [5.41, 5.74) is 4.05. The molecule has 0 spiro atoms. The van der Waals surface area contributed by atoms with Gasteiger partial charge in [0.1, 0.15) is 18.1 Å². The molecule has 2 heterocycles. The van der Waals surface area contributed by atoms with Gasteiger partial charge in [-0.05, 0) is 85.1 Å². The fraction of sp³-hybridized carbons (Fsp3) is 0.139. The minimum atomic E-state index is -0.677. The summed E-state index contributed by atoms with van der Waals surface area (Å²) < 4.78 is 14.8. The highest BCUT2D eigenvalue weighted by Crippen LogP contribution is 2.32. The third-order valence-corrected chi connectivity index (χ3v) is 8.79. The number of rotatable bonds is 9. The zero-order chi connectivity index (χ0) is 31.3. The number of benzene rings is 4. The molecule has 0 unspecified atom stereocenters. The summed E-state index contributed by atoms with van der Waals surface area (Å²) in [4.78, 5) is 33.2. The van der Waals surface area contributed by atoms with Crippen molar-refractivity contribution >= 4 is 44.9 Å². The molecule has 9 heteroatoms. The van der Waals surface area contributed by atoms with Gasteiger partial charge in [0.15, 0.2) is 4.80 Å². The molecule has 6 rings (SSSR count). The third kappa shape index (κ3) is 6.84. The molecular weight excluding hydrogens is 650 g/mol. The van der Waals surface area contributed by atoms with Crippen molar-refractivity contribution in [3.8, 4) is 11.5 Å². The van der Waals surface area contributed by atoms with Crippen LogP contribution in [0.2, 0.25) is 0 Å². The van der Waals surface area contributed by atoms with Gasteiger partial charge in [0.2, 0.25) is 0 Å². The summed E-state index contributed by atoms with van der Waals surface area (Å²) in [6.07, 6.45) is 1.84. The molecule has 1 amide bonds. The second kappa shape index (κ2) is 13.5. The van der Waals surface area contributed by atoms with Crippen LogP contribution < -0.4 is 29.7 Å². The van der Waals surface area contributed by atoms with Gasteiger partial charge in [-0.2, -0.15) is 0 Å². The molecule has 226 valence electrons. The molecular formula is C36H30BrN3O4S. The lowest BCUT2D eigenvalue weighted by atomic mass is 9.95. The number of halogens is 1. The van der Waals surface area contributed by atoms with E-state index >= 15 is 0 Å². The second-order valence-electron chi connectivity index (χ2n) is 10.4. The van der Waals surface area contributed by atoms with Gasteiger partial charge in [-0.25, -0.2) is 4.99 Å². The Hall–Kier alpha value is -4.73. The van der Waals surface area contributed by atoms with Crippen LogP contribution in [0, 0.1) is 0 Å². The van der Waals surface area contributed by atoms with Crippen molar-refractivity contribution in [2.45, 2.75) is 26.5 Å². The average molecular weight is 681 g/mol. The average Bonchev–Trinajstić information content (AvgIpc) is 3.35. The first-order valence-corrected chi connectivity index (χ1v) is 16.1. The molecule has 5 aromatic rings. The molecule has 0 saturated carbocycles. The Morgan fingerprint density at radius 3 is 2.44 bits per heavy atom. The quantitative estimate of drug-likeness (QED) is 0.190. The van der Waals surface area contributed by atoms with Crippen LogP contribution in [-0.2, 0) is 11.4 Å². The molecule has 1 N–H and O–H groups in total. The summed E-state index contributed by atoms with van der Waals surface area (Å²) in [5.74, 6) is 1.10. The van der Waals surface area contributed by atoms with Crippen LogP contribution in [0.5, 0.6) is 11.5 Å². The highest BCUT2D eigenvalue weighted by atomic mass is 79.9. The van der Waals surface area contributed by atoms with Gasteiger partial charge in [0.25, 0.3) is 11.5 Å². The van der Waals surface area contributed by atoms with Crippen LogP contribution in [-0.4, -0.2) is 17.1 Å². The van der Waals surface area contributed by atoms with Gasteiger partial charge in [0.05, 0.1) is 28.5 Å². The topological polar surface area (TPSA) is 81.9 Å². The largest absolute Gasteiger partial charge is 0.494 e. The second-order valence-corrected chi connectivity index (χ2v) is 12.3. The van der Waals surface area contributed by atoms with E-state index in [-0.39, 0.29) is 11.5 Å². The number of hydrogen-bond acceptors (Lipinski definition) is 6. The zero-order valence-electron chi connectivity index (χ0n) is 24.7. The number of anilines is 1. The van der Waals surface area contributed by atoms with Gasteiger partial charge in [-0.1, -0.05) is 81.9 Å². The first kappa shape index (κ1) is 30.3. The van der Waals surface area contributed by atoms with Gasteiger partial charge in [-0.15, -0.1) is 0 Å². The minimum Gasteiger partial charge on any atom is -0.494 e. The van der Waals surface area contributed by atoms with Gasteiger partial charge >= 0.3 is 0 Å². The van der Waals surface area contributed by atoms with Crippen LogP contribution in [0.4, 0.5) is 5.69 Å². The van der Waals surface area contributed by atoms with Crippen molar-refractivity contribution < 1.29 is 14.3 Å². The SMILES string of the molecule is CCOc1ccc([C@@H]2C(C(=O)Nc3ccccc3)=C(C)N=c3s/c(=C\c4cccc(OCc5ccc(Br)cc5)c4)c(=O)n32)cc1. The fourth-order valence-electron chi connectivity index (χ4n) is 5.15. The molecule has 1 atom stereocenters. The lowest BCUT2D eigenvalue weighted by molar-refractivity contribution is -0.113.